The molecule has 1 amide bonds. The SMILES string of the molecule is CCc1ccc([C@@H](C)NC(=O)CSc2nc3cc(S(N)(=O)=O)ccc3n2C)cc1. The first-order valence-corrected chi connectivity index (χ1v) is 11.7. The highest BCUT2D eigenvalue weighted by molar-refractivity contribution is 7.99. The van der Waals surface area contributed by atoms with Crippen molar-refractivity contribution in [3.8, 4) is 0 Å². The highest BCUT2D eigenvalue weighted by atomic mass is 32.2. The number of thioether (sulfide) groups is 1. The summed E-state index contributed by atoms with van der Waals surface area (Å²) < 4.78 is 24.9. The van der Waals surface area contributed by atoms with Gasteiger partial charge in [-0.2, -0.15) is 0 Å². The molecule has 154 valence electrons. The van der Waals surface area contributed by atoms with Crippen molar-refractivity contribution in [2.45, 2.75) is 36.4 Å². The molecule has 0 unspecified atom stereocenters. The van der Waals surface area contributed by atoms with Crippen molar-refractivity contribution in [2.75, 3.05) is 5.75 Å². The van der Waals surface area contributed by atoms with E-state index in [4.69, 9.17) is 5.14 Å². The number of hydrogen-bond donors (Lipinski definition) is 2. The van der Waals surface area contributed by atoms with Gasteiger partial charge in [0.25, 0.3) is 0 Å². The van der Waals surface area contributed by atoms with Crippen LogP contribution in [0.2, 0.25) is 0 Å². The zero-order chi connectivity index (χ0) is 21.2. The molecular formula is C20H24N4O3S2. The first-order chi connectivity index (χ1) is 13.7. The van der Waals surface area contributed by atoms with Gasteiger partial charge in [0.15, 0.2) is 5.16 Å². The Balaban J connectivity index is 1.66. The van der Waals surface area contributed by atoms with E-state index < -0.39 is 10.0 Å². The lowest BCUT2D eigenvalue weighted by Crippen LogP contribution is -2.28. The summed E-state index contributed by atoms with van der Waals surface area (Å²) in [5.41, 5.74) is 3.60. The van der Waals surface area contributed by atoms with E-state index in [1.54, 1.807) is 6.07 Å². The predicted octanol–water partition coefficient (Wildman–Crippen LogP) is 2.75. The van der Waals surface area contributed by atoms with E-state index in [0.29, 0.717) is 10.7 Å². The number of aryl methyl sites for hydroxylation is 2. The van der Waals surface area contributed by atoms with Crippen LogP contribution < -0.4 is 10.5 Å². The summed E-state index contributed by atoms with van der Waals surface area (Å²) in [6, 6.07) is 12.7. The third-order valence-electron chi connectivity index (χ3n) is 4.74. The zero-order valence-corrected chi connectivity index (χ0v) is 18.2. The number of nitrogens with one attached hydrogen (secondary N) is 1. The number of hydrogen-bond acceptors (Lipinski definition) is 5. The van der Waals surface area contributed by atoms with Crippen LogP contribution in [0.4, 0.5) is 0 Å². The number of amides is 1. The molecule has 0 radical (unpaired) electrons. The van der Waals surface area contributed by atoms with Crippen LogP contribution in [0.25, 0.3) is 11.0 Å². The van der Waals surface area contributed by atoms with Gasteiger partial charge in [-0.1, -0.05) is 43.0 Å². The lowest BCUT2D eigenvalue weighted by molar-refractivity contribution is -0.119. The Bertz CT molecular complexity index is 1140. The van der Waals surface area contributed by atoms with Crippen molar-refractivity contribution >= 4 is 38.7 Å². The van der Waals surface area contributed by atoms with E-state index in [9.17, 15) is 13.2 Å². The summed E-state index contributed by atoms with van der Waals surface area (Å²) >= 11 is 1.30. The van der Waals surface area contributed by atoms with Crippen molar-refractivity contribution in [3.63, 3.8) is 0 Å². The van der Waals surface area contributed by atoms with Gasteiger partial charge >= 0.3 is 0 Å². The molecule has 0 spiro atoms. The summed E-state index contributed by atoms with van der Waals surface area (Å²) in [7, 11) is -1.96. The van der Waals surface area contributed by atoms with Crippen LogP contribution in [0.3, 0.4) is 0 Å². The fraction of sp³-hybridized carbons (Fsp3) is 0.300. The number of sulfonamides is 1. The summed E-state index contributed by atoms with van der Waals surface area (Å²) in [5.74, 6) is 0.107. The smallest absolute Gasteiger partial charge is 0.238 e. The monoisotopic (exact) mass is 432 g/mol. The third-order valence-corrected chi connectivity index (χ3v) is 6.68. The minimum atomic E-state index is -3.79. The molecule has 0 aliphatic heterocycles. The normalized spacial score (nSPS) is 12.8. The Labute approximate surface area is 174 Å². The molecule has 0 aliphatic rings. The lowest BCUT2D eigenvalue weighted by atomic mass is 10.1. The molecule has 9 heteroatoms. The maximum absolute atomic E-state index is 12.4. The Morgan fingerprint density at radius 1 is 1.24 bits per heavy atom. The molecule has 0 saturated carbocycles. The molecule has 0 bridgehead atoms. The third kappa shape index (κ3) is 4.98. The molecule has 0 fully saturated rings. The van der Waals surface area contributed by atoms with Crippen molar-refractivity contribution in [1.82, 2.24) is 14.9 Å². The van der Waals surface area contributed by atoms with E-state index in [1.807, 2.05) is 30.7 Å². The molecule has 2 aromatic carbocycles. The largest absolute Gasteiger partial charge is 0.349 e. The standard InChI is InChI=1S/C20H24N4O3S2/c1-4-14-5-7-15(8-6-14)13(2)22-19(25)12-28-20-23-17-11-16(29(21,26)27)9-10-18(17)24(20)3/h5-11,13H,4,12H2,1-3H3,(H,22,25)(H2,21,26,27)/t13-/m1/s1. The molecule has 1 atom stereocenters. The highest BCUT2D eigenvalue weighted by Crippen LogP contribution is 2.25. The number of carbonyl (C=O) groups excluding carboxylic acids is 1. The molecule has 0 saturated heterocycles. The van der Waals surface area contributed by atoms with E-state index in [1.165, 1.54) is 29.5 Å². The average Bonchev–Trinajstić information content (AvgIpc) is 3.01. The van der Waals surface area contributed by atoms with Crippen molar-refractivity contribution in [1.29, 1.82) is 0 Å². The molecule has 1 aromatic heterocycles. The predicted molar refractivity (Wildman–Crippen MR) is 115 cm³/mol. The van der Waals surface area contributed by atoms with Gasteiger partial charge in [0.05, 0.1) is 27.7 Å². The van der Waals surface area contributed by atoms with Crippen molar-refractivity contribution in [3.05, 3.63) is 53.6 Å². The summed E-state index contributed by atoms with van der Waals surface area (Å²) in [4.78, 5) is 16.8. The van der Waals surface area contributed by atoms with Crippen LogP contribution in [0.1, 0.15) is 31.0 Å². The van der Waals surface area contributed by atoms with E-state index in [-0.39, 0.29) is 22.6 Å². The number of rotatable bonds is 7. The Morgan fingerprint density at radius 3 is 2.55 bits per heavy atom. The first-order valence-electron chi connectivity index (χ1n) is 9.19. The average molecular weight is 433 g/mol. The second-order valence-corrected chi connectivity index (χ2v) is 9.33. The Hall–Kier alpha value is -2.36. The van der Waals surface area contributed by atoms with Crippen LogP contribution in [0.5, 0.6) is 0 Å². The van der Waals surface area contributed by atoms with Crippen LogP contribution in [0, 0.1) is 0 Å². The number of benzene rings is 2. The van der Waals surface area contributed by atoms with Gasteiger partial charge in [0, 0.05) is 7.05 Å². The Morgan fingerprint density at radius 2 is 1.93 bits per heavy atom. The van der Waals surface area contributed by atoms with Gasteiger partial charge in [-0.3, -0.25) is 4.79 Å². The van der Waals surface area contributed by atoms with Crippen LogP contribution >= 0.6 is 11.8 Å². The van der Waals surface area contributed by atoms with E-state index in [2.05, 4.69) is 29.4 Å². The van der Waals surface area contributed by atoms with Gasteiger partial charge in [-0.05, 0) is 42.7 Å². The fourth-order valence-electron chi connectivity index (χ4n) is 3.00. The first kappa shape index (κ1) is 21.4. The molecular weight excluding hydrogens is 408 g/mol. The van der Waals surface area contributed by atoms with Gasteiger partial charge in [-0.15, -0.1) is 0 Å². The topological polar surface area (TPSA) is 107 Å². The molecule has 3 N–H and O–H groups in total. The van der Waals surface area contributed by atoms with Gasteiger partial charge in [-0.25, -0.2) is 18.5 Å². The number of nitrogens with zero attached hydrogens (tertiary/aromatic N) is 2. The second-order valence-electron chi connectivity index (χ2n) is 6.82. The molecule has 3 aromatic rings. The number of imidazole rings is 1. The van der Waals surface area contributed by atoms with Crippen LogP contribution in [-0.2, 0) is 28.3 Å². The minimum absolute atomic E-state index is 0.0142. The quantitative estimate of drug-likeness (QED) is 0.558. The minimum Gasteiger partial charge on any atom is -0.349 e. The number of fused-ring (bicyclic) bond motifs is 1. The highest BCUT2D eigenvalue weighted by Gasteiger charge is 2.15. The lowest BCUT2D eigenvalue weighted by Gasteiger charge is -2.14. The Kier molecular flexibility index (Phi) is 6.30. The molecule has 0 aliphatic carbocycles. The summed E-state index contributed by atoms with van der Waals surface area (Å²) in [5, 5.41) is 8.80. The number of primary sulfonamides is 1. The van der Waals surface area contributed by atoms with Gasteiger partial charge < -0.3 is 9.88 Å². The molecule has 29 heavy (non-hydrogen) atoms. The second kappa shape index (κ2) is 8.56. The number of carbonyl (C=O) groups is 1. The van der Waals surface area contributed by atoms with E-state index in [0.717, 1.165) is 17.5 Å². The maximum Gasteiger partial charge on any atom is 0.238 e. The van der Waals surface area contributed by atoms with Gasteiger partial charge in [0.2, 0.25) is 15.9 Å². The molecule has 7 nitrogen and oxygen atoms in total. The zero-order valence-electron chi connectivity index (χ0n) is 16.5. The van der Waals surface area contributed by atoms with Gasteiger partial charge in [0.1, 0.15) is 0 Å². The van der Waals surface area contributed by atoms with Crippen LogP contribution in [0.15, 0.2) is 52.5 Å². The molecule has 1 heterocycles. The maximum atomic E-state index is 12.4. The summed E-state index contributed by atoms with van der Waals surface area (Å²) in [6.45, 7) is 4.06. The van der Waals surface area contributed by atoms with Crippen molar-refractivity contribution in [2.24, 2.45) is 12.2 Å². The van der Waals surface area contributed by atoms with E-state index >= 15 is 0 Å². The number of nitrogens with two attached hydrogens (primary N) is 1. The van der Waals surface area contributed by atoms with Crippen molar-refractivity contribution < 1.29 is 13.2 Å². The fourth-order valence-corrected chi connectivity index (χ4v) is 4.33. The van der Waals surface area contributed by atoms with Crippen LogP contribution in [-0.4, -0.2) is 29.6 Å². The molecule has 3 rings (SSSR count). The summed E-state index contributed by atoms with van der Waals surface area (Å²) in [6.07, 6.45) is 0.981. The number of aromatic nitrogens is 2.